The lowest BCUT2D eigenvalue weighted by molar-refractivity contribution is 0.376. The van der Waals surface area contributed by atoms with E-state index in [0.717, 1.165) is 17.8 Å². The van der Waals surface area contributed by atoms with E-state index in [0.29, 0.717) is 0 Å². The Bertz CT molecular complexity index is 333. The van der Waals surface area contributed by atoms with Crippen LogP contribution >= 0.6 is 11.3 Å². The molecule has 1 aromatic rings. The third-order valence-electron chi connectivity index (χ3n) is 2.40. The molecule has 0 spiro atoms. The van der Waals surface area contributed by atoms with Gasteiger partial charge in [0.05, 0.1) is 0 Å². The van der Waals surface area contributed by atoms with Crippen LogP contribution in [0.2, 0.25) is 0 Å². The maximum absolute atomic E-state index is 8.67. The van der Waals surface area contributed by atoms with Crippen LogP contribution in [0.3, 0.4) is 0 Å². The molecule has 0 aromatic carbocycles. The molecule has 2 nitrogen and oxygen atoms in total. The zero-order valence-corrected chi connectivity index (χ0v) is 9.74. The Kier molecular flexibility index (Phi) is 3.68. The largest absolute Gasteiger partial charge is 0.307 e. The highest BCUT2D eigenvalue weighted by Crippen LogP contribution is 2.16. The predicted molar refractivity (Wildman–Crippen MR) is 60.2 cm³/mol. The number of nitrogens with one attached hydrogen (secondary N) is 1. The average molecular weight is 208 g/mol. The first kappa shape index (κ1) is 11.2. The van der Waals surface area contributed by atoms with E-state index in [9.17, 15) is 0 Å². The summed E-state index contributed by atoms with van der Waals surface area (Å²) in [5.41, 5.74) is 0.177. The van der Waals surface area contributed by atoms with E-state index in [4.69, 9.17) is 5.26 Å². The fourth-order valence-electron chi connectivity index (χ4n) is 0.984. The monoisotopic (exact) mass is 208 g/mol. The van der Waals surface area contributed by atoms with Crippen LogP contribution < -0.4 is 5.32 Å². The highest BCUT2D eigenvalue weighted by molar-refractivity contribution is 7.12. The second-order valence-electron chi connectivity index (χ2n) is 3.97. The highest BCUT2D eigenvalue weighted by atomic mass is 32.1. The Morgan fingerprint density at radius 2 is 2.21 bits per heavy atom. The SMILES string of the molecule is CCC(C)(C)NCc1ccc(C#N)s1. The van der Waals surface area contributed by atoms with Crippen LogP contribution in [0.5, 0.6) is 0 Å². The maximum atomic E-state index is 8.67. The van der Waals surface area contributed by atoms with Gasteiger partial charge in [0.25, 0.3) is 0 Å². The molecule has 1 heterocycles. The fraction of sp³-hybridized carbons (Fsp3) is 0.545. The Morgan fingerprint density at radius 1 is 1.50 bits per heavy atom. The predicted octanol–water partition coefficient (Wildman–Crippen LogP) is 2.90. The summed E-state index contributed by atoms with van der Waals surface area (Å²) in [6, 6.07) is 6.04. The van der Waals surface area contributed by atoms with Crippen LogP contribution in [0.25, 0.3) is 0 Å². The summed E-state index contributed by atoms with van der Waals surface area (Å²) in [5.74, 6) is 0. The third kappa shape index (κ3) is 3.13. The minimum Gasteiger partial charge on any atom is -0.307 e. The van der Waals surface area contributed by atoms with Gasteiger partial charge in [0, 0.05) is 17.0 Å². The number of hydrogen-bond donors (Lipinski definition) is 1. The number of nitrogens with zero attached hydrogens (tertiary/aromatic N) is 1. The van der Waals surface area contributed by atoms with Crippen molar-refractivity contribution in [1.82, 2.24) is 5.32 Å². The lowest BCUT2D eigenvalue weighted by atomic mass is 10.0. The molecule has 1 rings (SSSR count). The molecular weight excluding hydrogens is 192 g/mol. The normalized spacial score (nSPS) is 11.3. The zero-order chi connectivity index (χ0) is 10.6. The zero-order valence-electron chi connectivity index (χ0n) is 8.92. The molecule has 0 fully saturated rings. The summed E-state index contributed by atoms with van der Waals surface area (Å²) in [7, 11) is 0. The Labute approximate surface area is 89.6 Å². The smallest absolute Gasteiger partial charge is 0.110 e. The van der Waals surface area contributed by atoms with E-state index in [2.05, 4.69) is 32.2 Å². The summed E-state index contributed by atoms with van der Waals surface area (Å²) >= 11 is 1.56. The van der Waals surface area contributed by atoms with Gasteiger partial charge in [0.1, 0.15) is 10.9 Å². The van der Waals surface area contributed by atoms with Crippen molar-refractivity contribution in [1.29, 1.82) is 5.26 Å². The minimum absolute atomic E-state index is 0.177. The Morgan fingerprint density at radius 3 is 2.71 bits per heavy atom. The molecule has 0 bridgehead atoms. The first-order valence-corrected chi connectivity index (χ1v) is 5.63. The van der Waals surface area contributed by atoms with Gasteiger partial charge in [-0.2, -0.15) is 5.26 Å². The van der Waals surface area contributed by atoms with Gasteiger partial charge in [-0.1, -0.05) is 6.92 Å². The van der Waals surface area contributed by atoms with Crippen molar-refractivity contribution in [2.24, 2.45) is 0 Å². The van der Waals surface area contributed by atoms with Gasteiger partial charge in [-0.05, 0) is 32.4 Å². The van der Waals surface area contributed by atoms with Crippen LogP contribution in [-0.2, 0) is 6.54 Å². The van der Waals surface area contributed by atoms with Crippen LogP contribution in [0, 0.1) is 11.3 Å². The van der Waals surface area contributed by atoms with E-state index in [1.807, 2.05) is 12.1 Å². The molecule has 0 aliphatic heterocycles. The lowest BCUT2D eigenvalue weighted by Crippen LogP contribution is -2.37. The van der Waals surface area contributed by atoms with Crippen LogP contribution in [0.15, 0.2) is 12.1 Å². The molecular formula is C11H16N2S. The third-order valence-corrected chi connectivity index (χ3v) is 3.39. The van der Waals surface area contributed by atoms with Gasteiger partial charge in [-0.15, -0.1) is 11.3 Å². The van der Waals surface area contributed by atoms with Gasteiger partial charge in [-0.3, -0.25) is 0 Å². The van der Waals surface area contributed by atoms with E-state index in [-0.39, 0.29) is 5.54 Å². The molecule has 1 N–H and O–H groups in total. The molecule has 0 unspecified atom stereocenters. The second kappa shape index (κ2) is 4.59. The molecule has 3 heteroatoms. The first-order valence-electron chi connectivity index (χ1n) is 4.81. The van der Waals surface area contributed by atoms with Gasteiger partial charge in [-0.25, -0.2) is 0 Å². The van der Waals surface area contributed by atoms with E-state index in [1.54, 1.807) is 11.3 Å². The topological polar surface area (TPSA) is 35.8 Å². The summed E-state index contributed by atoms with van der Waals surface area (Å²) in [6.07, 6.45) is 1.10. The number of rotatable bonds is 4. The first-order chi connectivity index (χ1) is 6.57. The molecule has 0 aliphatic carbocycles. The average Bonchev–Trinajstić information content (AvgIpc) is 2.63. The lowest BCUT2D eigenvalue weighted by Gasteiger charge is -2.24. The number of thiophene rings is 1. The van der Waals surface area contributed by atoms with Crippen LogP contribution in [0.4, 0.5) is 0 Å². The summed E-state index contributed by atoms with van der Waals surface area (Å²) in [6.45, 7) is 7.40. The molecule has 0 aliphatic rings. The maximum Gasteiger partial charge on any atom is 0.110 e. The van der Waals surface area contributed by atoms with Crippen molar-refractivity contribution >= 4 is 11.3 Å². The number of hydrogen-bond acceptors (Lipinski definition) is 3. The van der Waals surface area contributed by atoms with Crippen LogP contribution in [0.1, 0.15) is 36.9 Å². The highest BCUT2D eigenvalue weighted by Gasteiger charge is 2.13. The molecule has 0 saturated carbocycles. The molecule has 14 heavy (non-hydrogen) atoms. The Hall–Kier alpha value is -0.850. The molecule has 76 valence electrons. The number of nitriles is 1. The second-order valence-corrected chi connectivity index (χ2v) is 5.14. The summed E-state index contributed by atoms with van der Waals surface area (Å²) in [4.78, 5) is 2.01. The molecule has 1 aromatic heterocycles. The molecule has 0 radical (unpaired) electrons. The fourth-order valence-corrected chi connectivity index (χ4v) is 1.73. The van der Waals surface area contributed by atoms with Crippen molar-refractivity contribution in [3.63, 3.8) is 0 Å². The summed E-state index contributed by atoms with van der Waals surface area (Å²) < 4.78 is 0. The van der Waals surface area contributed by atoms with Gasteiger partial charge >= 0.3 is 0 Å². The standard InChI is InChI=1S/C11H16N2S/c1-4-11(2,3)13-8-10-6-5-9(7-12)14-10/h5-6,13H,4,8H2,1-3H3. The molecule has 0 amide bonds. The van der Waals surface area contributed by atoms with Crippen molar-refractivity contribution in [3.8, 4) is 6.07 Å². The van der Waals surface area contributed by atoms with Gasteiger partial charge in [0.2, 0.25) is 0 Å². The van der Waals surface area contributed by atoms with E-state index in [1.165, 1.54) is 4.88 Å². The minimum atomic E-state index is 0.177. The molecule has 0 atom stereocenters. The van der Waals surface area contributed by atoms with Crippen molar-refractivity contribution in [3.05, 3.63) is 21.9 Å². The van der Waals surface area contributed by atoms with Crippen LogP contribution in [-0.4, -0.2) is 5.54 Å². The summed E-state index contributed by atoms with van der Waals surface area (Å²) in [5, 5.41) is 12.1. The van der Waals surface area contributed by atoms with Gasteiger partial charge in [0.15, 0.2) is 0 Å². The quantitative estimate of drug-likeness (QED) is 0.826. The van der Waals surface area contributed by atoms with Gasteiger partial charge < -0.3 is 5.32 Å². The molecule has 0 saturated heterocycles. The Balaban J connectivity index is 2.50. The van der Waals surface area contributed by atoms with E-state index < -0.39 is 0 Å². The van der Waals surface area contributed by atoms with Crippen molar-refractivity contribution in [2.45, 2.75) is 39.3 Å². The van der Waals surface area contributed by atoms with Crippen molar-refractivity contribution in [2.75, 3.05) is 0 Å². The van der Waals surface area contributed by atoms with E-state index >= 15 is 0 Å². The van der Waals surface area contributed by atoms with Crippen molar-refractivity contribution < 1.29 is 0 Å².